The molecule has 2 amide bonds. The molecule has 5 nitrogen and oxygen atoms in total. The molecule has 0 saturated carbocycles. The topological polar surface area (TPSA) is 81.4 Å². The summed E-state index contributed by atoms with van der Waals surface area (Å²) in [5.74, 6) is -0.449. The van der Waals surface area contributed by atoms with Gasteiger partial charge < -0.3 is 15.8 Å². The summed E-state index contributed by atoms with van der Waals surface area (Å²) in [5.41, 5.74) is 7.28. The van der Waals surface area contributed by atoms with E-state index in [-0.39, 0.29) is 18.4 Å². The smallest absolute Gasteiger partial charge is 0.240 e. The highest BCUT2D eigenvalue weighted by atomic mass is 35.5. The van der Waals surface area contributed by atoms with Gasteiger partial charge in [0.15, 0.2) is 0 Å². The lowest BCUT2D eigenvalue weighted by molar-refractivity contribution is -0.130. The largest absolute Gasteiger partial charge is 0.492 e. The third-order valence-corrected chi connectivity index (χ3v) is 4.48. The number of carbonyl (C=O) groups excluding carboxylic acids is 2. The van der Waals surface area contributed by atoms with E-state index in [0.29, 0.717) is 17.9 Å². The summed E-state index contributed by atoms with van der Waals surface area (Å²) in [5, 5.41) is 3.35. The molecule has 25 heavy (non-hydrogen) atoms. The number of hydrogen-bond donors (Lipinski definition) is 2. The molecule has 1 aliphatic heterocycles. The van der Waals surface area contributed by atoms with E-state index in [1.54, 1.807) is 18.2 Å². The molecular weight excluding hydrogens is 340 g/mol. The second-order valence-corrected chi connectivity index (χ2v) is 6.55. The van der Waals surface area contributed by atoms with Crippen LogP contribution < -0.4 is 15.8 Å². The van der Waals surface area contributed by atoms with Gasteiger partial charge in [-0.3, -0.25) is 9.59 Å². The van der Waals surface area contributed by atoms with Crippen LogP contribution in [0.2, 0.25) is 5.02 Å². The molecule has 0 bridgehead atoms. The molecule has 0 radical (unpaired) electrons. The highest BCUT2D eigenvalue weighted by Gasteiger charge is 2.29. The first-order valence-electron chi connectivity index (χ1n) is 8.08. The van der Waals surface area contributed by atoms with Crippen LogP contribution in [0.5, 0.6) is 5.75 Å². The number of halogens is 1. The van der Waals surface area contributed by atoms with Crippen molar-refractivity contribution in [2.45, 2.75) is 18.9 Å². The Labute approximate surface area is 151 Å². The fourth-order valence-electron chi connectivity index (χ4n) is 2.89. The quantitative estimate of drug-likeness (QED) is 0.858. The lowest BCUT2D eigenvalue weighted by Crippen LogP contribution is -2.49. The third kappa shape index (κ3) is 4.31. The van der Waals surface area contributed by atoms with Gasteiger partial charge in [-0.1, -0.05) is 41.9 Å². The number of fused-ring (bicyclic) bond motifs is 1. The fourth-order valence-corrected chi connectivity index (χ4v) is 3.09. The van der Waals surface area contributed by atoms with E-state index < -0.39 is 11.9 Å². The predicted octanol–water partition coefficient (Wildman–Crippen LogP) is 2.10. The Hall–Kier alpha value is -2.53. The average molecular weight is 359 g/mol. The molecule has 0 spiro atoms. The molecule has 3 N–H and O–H groups in total. The van der Waals surface area contributed by atoms with Gasteiger partial charge in [-0.25, -0.2) is 0 Å². The van der Waals surface area contributed by atoms with E-state index in [1.165, 1.54) is 0 Å². The highest BCUT2D eigenvalue weighted by molar-refractivity contribution is 6.30. The number of rotatable bonds is 5. The van der Waals surface area contributed by atoms with Crippen LogP contribution in [0.4, 0.5) is 0 Å². The Balaban J connectivity index is 1.67. The van der Waals surface area contributed by atoms with Crippen molar-refractivity contribution < 1.29 is 14.3 Å². The molecule has 2 atom stereocenters. The summed E-state index contributed by atoms with van der Waals surface area (Å²) in [6.45, 7) is 0.261. The van der Waals surface area contributed by atoms with Gasteiger partial charge in [0.05, 0.1) is 5.92 Å². The number of ether oxygens (including phenoxy) is 1. The summed E-state index contributed by atoms with van der Waals surface area (Å²) in [6, 6.07) is 14.0. The standard InChI is InChI=1S/C19H19ClN2O3/c20-15-6-7-17-13(10-15)9-14(11-25-17)19(24)22-16(18(21)23)8-12-4-2-1-3-5-12/h1-7,10,14,16H,8-9,11H2,(H2,21,23)(H,22,24). The van der Waals surface area contributed by atoms with Crippen molar-refractivity contribution in [3.63, 3.8) is 0 Å². The van der Waals surface area contributed by atoms with Crippen LogP contribution in [0, 0.1) is 5.92 Å². The maximum absolute atomic E-state index is 12.6. The van der Waals surface area contributed by atoms with Crippen molar-refractivity contribution in [1.82, 2.24) is 5.32 Å². The first-order valence-corrected chi connectivity index (χ1v) is 8.45. The van der Waals surface area contributed by atoms with Crippen LogP contribution in [0.1, 0.15) is 11.1 Å². The fraction of sp³-hybridized carbons (Fsp3) is 0.263. The number of nitrogens with one attached hydrogen (secondary N) is 1. The minimum atomic E-state index is -0.754. The molecule has 6 heteroatoms. The van der Waals surface area contributed by atoms with Crippen molar-refractivity contribution in [3.8, 4) is 5.75 Å². The summed E-state index contributed by atoms with van der Waals surface area (Å²) < 4.78 is 5.64. The zero-order valence-corrected chi connectivity index (χ0v) is 14.3. The Morgan fingerprint density at radius 1 is 1.24 bits per heavy atom. The molecule has 0 aromatic heterocycles. The first-order chi connectivity index (χ1) is 12.0. The molecule has 1 aliphatic rings. The second kappa shape index (κ2) is 7.57. The van der Waals surface area contributed by atoms with Gasteiger partial charge in [0.2, 0.25) is 11.8 Å². The summed E-state index contributed by atoms with van der Waals surface area (Å²) >= 11 is 6.00. The SMILES string of the molecule is NC(=O)C(Cc1ccccc1)NC(=O)C1COc2ccc(Cl)cc2C1. The van der Waals surface area contributed by atoms with Crippen molar-refractivity contribution in [3.05, 3.63) is 64.7 Å². The number of benzene rings is 2. The van der Waals surface area contributed by atoms with E-state index >= 15 is 0 Å². The predicted molar refractivity (Wildman–Crippen MR) is 95.4 cm³/mol. The maximum Gasteiger partial charge on any atom is 0.240 e. The van der Waals surface area contributed by atoms with E-state index in [9.17, 15) is 9.59 Å². The van der Waals surface area contributed by atoms with E-state index in [0.717, 1.165) is 16.9 Å². The lowest BCUT2D eigenvalue weighted by atomic mass is 9.95. The second-order valence-electron chi connectivity index (χ2n) is 6.12. The van der Waals surface area contributed by atoms with E-state index in [4.69, 9.17) is 22.1 Å². The van der Waals surface area contributed by atoms with Crippen LogP contribution >= 0.6 is 11.6 Å². The van der Waals surface area contributed by atoms with Crippen molar-refractivity contribution >= 4 is 23.4 Å². The molecule has 2 unspecified atom stereocenters. The number of carbonyl (C=O) groups is 2. The normalized spacial score (nSPS) is 17.1. The minimum absolute atomic E-state index is 0.245. The van der Waals surface area contributed by atoms with Gasteiger partial charge in [-0.15, -0.1) is 0 Å². The molecule has 0 saturated heterocycles. The summed E-state index contributed by atoms with van der Waals surface area (Å²) in [4.78, 5) is 24.3. The van der Waals surface area contributed by atoms with E-state index in [1.807, 2.05) is 30.3 Å². The lowest BCUT2D eigenvalue weighted by Gasteiger charge is -2.26. The molecule has 0 fully saturated rings. The molecule has 3 rings (SSSR count). The number of primary amides is 1. The molecule has 0 aliphatic carbocycles. The van der Waals surface area contributed by atoms with Gasteiger partial charge in [-0.2, -0.15) is 0 Å². The molecular formula is C19H19ClN2O3. The third-order valence-electron chi connectivity index (χ3n) is 4.24. The van der Waals surface area contributed by atoms with Gasteiger partial charge in [0, 0.05) is 11.4 Å². The maximum atomic E-state index is 12.6. The average Bonchev–Trinajstić information content (AvgIpc) is 2.61. The first kappa shape index (κ1) is 17.3. The molecule has 1 heterocycles. The van der Waals surface area contributed by atoms with Crippen molar-refractivity contribution in [2.24, 2.45) is 11.7 Å². The van der Waals surface area contributed by atoms with Crippen molar-refractivity contribution in [1.29, 1.82) is 0 Å². The Bertz CT molecular complexity index is 779. The van der Waals surface area contributed by atoms with Crippen LogP contribution in [0.15, 0.2) is 48.5 Å². The monoisotopic (exact) mass is 358 g/mol. The Morgan fingerprint density at radius 3 is 2.72 bits per heavy atom. The number of hydrogen-bond acceptors (Lipinski definition) is 3. The van der Waals surface area contributed by atoms with Crippen molar-refractivity contribution in [2.75, 3.05) is 6.61 Å². The molecule has 2 aromatic carbocycles. The van der Waals surface area contributed by atoms with Crippen LogP contribution in [0.3, 0.4) is 0 Å². The number of amides is 2. The number of nitrogens with two attached hydrogens (primary N) is 1. The Morgan fingerprint density at radius 2 is 2.00 bits per heavy atom. The van der Waals surface area contributed by atoms with Crippen LogP contribution in [-0.4, -0.2) is 24.5 Å². The van der Waals surface area contributed by atoms with Crippen LogP contribution in [0.25, 0.3) is 0 Å². The minimum Gasteiger partial charge on any atom is -0.492 e. The molecule has 2 aromatic rings. The highest BCUT2D eigenvalue weighted by Crippen LogP contribution is 2.29. The zero-order valence-electron chi connectivity index (χ0n) is 13.6. The Kier molecular flexibility index (Phi) is 5.24. The summed E-state index contributed by atoms with van der Waals surface area (Å²) in [7, 11) is 0. The van der Waals surface area contributed by atoms with E-state index in [2.05, 4.69) is 5.32 Å². The van der Waals surface area contributed by atoms with Gasteiger partial charge in [0.25, 0.3) is 0 Å². The summed E-state index contributed by atoms with van der Waals surface area (Å²) in [6.07, 6.45) is 0.871. The van der Waals surface area contributed by atoms with Gasteiger partial charge >= 0.3 is 0 Å². The zero-order chi connectivity index (χ0) is 17.8. The van der Waals surface area contributed by atoms with Gasteiger partial charge in [-0.05, 0) is 35.7 Å². The van der Waals surface area contributed by atoms with Gasteiger partial charge in [0.1, 0.15) is 18.4 Å². The van der Waals surface area contributed by atoms with Crippen LogP contribution in [-0.2, 0) is 22.4 Å². The molecule has 130 valence electrons.